The van der Waals surface area contributed by atoms with Crippen molar-refractivity contribution in [3.63, 3.8) is 0 Å². The van der Waals surface area contributed by atoms with Crippen LogP contribution in [0.1, 0.15) is 25.8 Å². The quantitative estimate of drug-likeness (QED) is 0.760. The van der Waals surface area contributed by atoms with Gasteiger partial charge in [-0.2, -0.15) is 0 Å². The van der Waals surface area contributed by atoms with E-state index in [4.69, 9.17) is 23.2 Å². The number of halogens is 2. The molecule has 0 spiro atoms. The first-order chi connectivity index (χ1) is 7.53. The summed E-state index contributed by atoms with van der Waals surface area (Å²) >= 11 is 11.7. The minimum Gasteiger partial charge on any atom is -0.312 e. The molecule has 0 amide bonds. The number of benzene rings is 1. The molecule has 3 heteroatoms. The second-order valence-corrected chi connectivity index (χ2v) is 5.65. The maximum atomic E-state index is 5.92. The van der Waals surface area contributed by atoms with Gasteiger partial charge in [0, 0.05) is 24.0 Å². The van der Waals surface area contributed by atoms with Crippen LogP contribution in [0.4, 0.5) is 0 Å². The summed E-state index contributed by atoms with van der Waals surface area (Å²) in [5, 5.41) is 4.23. The smallest absolute Gasteiger partial charge is 0.0409 e. The molecule has 1 N–H and O–H groups in total. The van der Waals surface area contributed by atoms with Gasteiger partial charge < -0.3 is 5.32 Å². The predicted octanol–water partition coefficient (Wildman–Crippen LogP) is 4.08. The van der Waals surface area contributed by atoms with Gasteiger partial charge in [0.2, 0.25) is 0 Å². The summed E-state index contributed by atoms with van der Waals surface area (Å²) in [6, 6.07) is 7.93. The molecule has 0 aliphatic rings. The Morgan fingerprint density at radius 1 is 1.31 bits per heavy atom. The van der Waals surface area contributed by atoms with E-state index in [0.29, 0.717) is 5.88 Å². The van der Waals surface area contributed by atoms with E-state index in [0.717, 1.165) is 24.5 Å². The highest BCUT2D eigenvalue weighted by Crippen LogP contribution is 2.19. The highest BCUT2D eigenvalue weighted by Gasteiger charge is 2.15. The van der Waals surface area contributed by atoms with E-state index in [2.05, 4.69) is 25.2 Å². The molecule has 1 aromatic rings. The molecule has 0 unspecified atom stereocenters. The molecule has 1 nitrogen and oxygen atoms in total. The van der Waals surface area contributed by atoms with Crippen LogP contribution in [0.5, 0.6) is 0 Å². The molecule has 0 aromatic heterocycles. The fraction of sp³-hybridized carbons (Fsp3) is 0.538. The zero-order valence-electron chi connectivity index (χ0n) is 9.89. The van der Waals surface area contributed by atoms with Crippen molar-refractivity contribution >= 4 is 23.2 Å². The molecule has 0 atom stereocenters. The first-order valence-corrected chi connectivity index (χ1v) is 6.46. The number of rotatable bonds is 6. The average Bonchev–Trinajstić information content (AvgIpc) is 2.17. The molecule has 0 saturated carbocycles. The van der Waals surface area contributed by atoms with E-state index in [-0.39, 0.29) is 5.41 Å². The standard InChI is InChI=1S/C13H19Cl2N/c1-13(2,6-7-14)10-16-9-11-4-3-5-12(15)8-11/h3-5,8,16H,6-7,9-10H2,1-2H3. The minimum atomic E-state index is 0.250. The van der Waals surface area contributed by atoms with Gasteiger partial charge in [0.15, 0.2) is 0 Å². The highest BCUT2D eigenvalue weighted by molar-refractivity contribution is 6.30. The van der Waals surface area contributed by atoms with E-state index in [1.165, 1.54) is 5.56 Å². The van der Waals surface area contributed by atoms with Gasteiger partial charge in [0.05, 0.1) is 0 Å². The molecule has 16 heavy (non-hydrogen) atoms. The molecular formula is C13H19Cl2N. The monoisotopic (exact) mass is 259 g/mol. The van der Waals surface area contributed by atoms with Crippen LogP contribution in [0.3, 0.4) is 0 Å². The zero-order valence-corrected chi connectivity index (χ0v) is 11.4. The third-order valence-corrected chi connectivity index (χ3v) is 3.02. The Labute approximate surface area is 108 Å². The Hall–Kier alpha value is -0.240. The van der Waals surface area contributed by atoms with Gasteiger partial charge in [-0.25, -0.2) is 0 Å². The SMILES string of the molecule is CC(C)(CCCl)CNCc1cccc(Cl)c1. The van der Waals surface area contributed by atoms with Crippen molar-refractivity contribution in [2.75, 3.05) is 12.4 Å². The first-order valence-electron chi connectivity index (χ1n) is 5.55. The molecule has 0 aliphatic heterocycles. The summed E-state index contributed by atoms with van der Waals surface area (Å²) in [6.45, 7) is 6.26. The van der Waals surface area contributed by atoms with Crippen LogP contribution < -0.4 is 5.32 Å². The first kappa shape index (κ1) is 13.8. The molecule has 0 fully saturated rings. The van der Waals surface area contributed by atoms with Gasteiger partial charge in [-0.3, -0.25) is 0 Å². The summed E-state index contributed by atoms with van der Waals surface area (Å²) in [4.78, 5) is 0. The van der Waals surface area contributed by atoms with Crippen LogP contribution in [-0.4, -0.2) is 12.4 Å². The highest BCUT2D eigenvalue weighted by atomic mass is 35.5. The van der Waals surface area contributed by atoms with Gasteiger partial charge in [-0.1, -0.05) is 37.6 Å². The van der Waals surface area contributed by atoms with Gasteiger partial charge in [-0.15, -0.1) is 11.6 Å². The number of alkyl halides is 1. The largest absolute Gasteiger partial charge is 0.312 e. The molecule has 1 aromatic carbocycles. The third kappa shape index (κ3) is 5.20. The van der Waals surface area contributed by atoms with Crippen molar-refractivity contribution in [1.29, 1.82) is 0 Å². The van der Waals surface area contributed by atoms with E-state index in [1.54, 1.807) is 0 Å². The van der Waals surface area contributed by atoms with Crippen LogP contribution in [0.2, 0.25) is 5.02 Å². The molecule has 0 saturated heterocycles. The summed E-state index contributed by atoms with van der Waals surface area (Å²) < 4.78 is 0. The van der Waals surface area contributed by atoms with Crippen molar-refractivity contribution in [2.24, 2.45) is 5.41 Å². The number of hydrogen-bond donors (Lipinski definition) is 1. The lowest BCUT2D eigenvalue weighted by molar-refractivity contribution is 0.329. The molecule has 0 bridgehead atoms. The van der Waals surface area contributed by atoms with E-state index >= 15 is 0 Å². The fourth-order valence-electron chi connectivity index (χ4n) is 1.54. The van der Waals surface area contributed by atoms with Gasteiger partial charge in [0.1, 0.15) is 0 Å². The summed E-state index contributed by atoms with van der Waals surface area (Å²) in [6.07, 6.45) is 1.02. The summed E-state index contributed by atoms with van der Waals surface area (Å²) in [5.74, 6) is 0.714. The lowest BCUT2D eigenvalue weighted by atomic mass is 9.90. The Bertz CT molecular complexity index is 323. The minimum absolute atomic E-state index is 0.250. The fourth-order valence-corrected chi connectivity index (χ4v) is 2.26. The lowest BCUT2D eigenvalue weighted by Gasteiger charge is -2.23. The van der Waals surface area contributed by atoms with Crippen LogP contribution >= 0.6 is 23.2 Å². The predicted molar refractivity (Wildman–Crippen MR) is 72.3 cm³/mol. The summed E-state index contributed by atoms with van der Waals surface area (Å²) in [5.41, 5.74) is 1.47. The maximum absolute atomic E-state index is 5.92. The molecule has 0 aliphatic carbocycles. The van der Waals surface area contributed by atoms with E-state index < -0.39 is 0 Å². The second kappa shape index (κ2) is 6.48. The van der Waals surface area contributed by atoms with Crippen LogP contribution in [0.15, 0.2) is 24.3 Å². The van der Waals surface area contributed by atoms with Crippen molar-refractivity contribution in [2.45, 2.75) is 26.8 Å². The number of hydrogen-bond acceptors (Lipinski definition) is 1. The van der Waals surface area contributed by atoms with Crippen LogP contribution in [0, 0.1) is 5.41 Å². The maximum Gasteiger partial charge on any atom is 0.0409 e. The zero-order chi connectivity index (χ0) is 12.0. The van der Waals surface area contributed by atoms with Gasteiger partial charge in [0.25, 0.3) is 0 Å². The van der Waals surface area contributed by atoms with Gasteiger partial charge in [-0.05, 0) is 29.5 Å². The molecule has 0 radical (unpaired) electrons. The molecule has 90 valence electrons. The van der Waals surface area contributed by atoms with Crippen LogP contribution in [-0.2, 0) is 6.54 Å². The van der Waals surface area contributed by atoms with E-state index in [9.17, 15) is 0 Å². The second-order valence-electron chi connectivity index (χ2n) is 4.84. The Morgan fingerprint density at radius 3 is 2.69 bits per heavy atom. The van der Waals surface area contributed by atoms with Crippen molar-refractivity contribution in [1.82, 2.24) is 5.32 Å². The Kier molecular flexibility index (Phi) is 5.60. The summed E-state index contributed by atoms with van der Waals surface area (Å²) in [7, 11) is 0. The van der Waals surface area contributed by atoms with E-state index in [1.807, 2.05) is 18.2 Å². The molecular weight excluding hydrogens is 241 g/mol. The third-order valence-electron chi connectivity index (χ3n) is 2.59. The average molecular weight is 260 g/mol. The van der Waals surface area contributed by atoms with Gasteiger partial charge >= 0.3 is 0 Å². The van der Waals surface area contributed by atoms with Crippen molar-refractivity contribution < 1.29 is 0 Å². The topological polar surface area (TPSA) is 12.0 Å². The van der Waals surface area contributed by atoms with Crippen LogP contribution in [0.25, 0.3) is 0 Å². The Morgan fingerprint density at radius 2 is 2.06 bits per heavy atom. The molecule has 1 rings (SSSR count). The normalized spacial score (nSPS) is 11.8. The lowest BCUT2D eigenvalue weighted by Crippen LogP contribution is -2.29. The van der Waals surface area contributed by atoms with Crippen molar-refractivity contribution in [3.05, 3.63) is 34.9 Å². The van der Waals surface area contributed by atoms with Crippen molar-refractivity contribution in [3.8, 4) is 0 Å². The Balaban J connectivity index is 2.35. The number of nitrogens with one attached hydrogen (secondary N) is 1. The molecule has 0 heterocycles.